The number of rotatable bonds is 5. The van der Waals surface area contributed by atoms with Crippen LogP contribution in [-0.4, -0.2) is 27.0 Å². The van der Waals surface area contributed by atoms with Gasteiger partial charge in [0.15, 0.2) is 5.82 Å². The van der Waals surface area contributed by atoms with Crippen molar-refractivity contribution in [2.24, 2.45) is 0 Å². The lowest BCUT2D eigenvalue weighted by Crippen LogP contribution is -2.22. The monoisotopic (exact) mass is 287 g/mol. The Morgan fingerprint density at radius 1 is 1.35 bits per heavy atom. The molecular weight excluding hydrogens is 275 g/mol. The van der Waals surface area contributed by atoms with E-state index in [-0.39, 0.29) is 18.3 Å². The SMILES string of the molecule is CC(NCc1ccccc1OC(F)(F)F)c1nn[nH]n1. The largest absolute Gasteiger partial charge is 0.573 e. The van der Waals surface area contributed by atoms with Gasteiger partial charge in [0, 0.05) is 12.1 Å². The third-order valence-electron chi connectivity index (χ3n) is 2.55. The van der Waals surface area contributed by atoms with Gasteiger partial charge in [0.2, 0.25) is 0 Å². The van der Waals surface area contributed by atoms with Crippen LogP contribution in [0.2, 0.25) is 0 Å². The van der Waals surface area contributed by atoms with Gasteiger partial charge in [0.1, 0.15) is 5.75 Å². The smallest absolute Gasteiger partial charge is 0.405 e. The topological polar surface area (TPSA) is 75.7 Å². The summed E-state index contributed by atoms with van der Waals surface area (Å²) in [5, 5.41) is 16.3. The summed E-state index contributed by atoms with van der Waals surface area (Å²) < 4.78 is 40.8. The Labute approximate surface area is 112 Å². The Kier molecular flexibility index (Phi) is 4.18. The fourth-order valence-electron chi connectivity index (χ4n) is 1.58. The summed E-state index contributed by atoms with van der Waals surface area (Å²) in [6.45, 7) is 1.96. The van der Waals surface area contributed by atoms with Crippen molar-refractivity contribution in [3.05, 3.63) is 35.7 Å². The highest BCUT2D eigenvalue weighted by molar-refractivity contribution is 5.33. The molecule has 20 heavy (non-hydrogen) atoms. The quantitative estimate of drug-likeness (QED) is 0.879. The van der Waals surface area contributed by atoms with Crippen molar-refractivity contribution in [1.82, 2.24) is 25.9 Å². The van der Waals surface area contributed by atoms with E-state index in [9.17, 15) is 13.2 Å². The maximum absolute atomic E-state index is 12.3. The predicted molar refractivity (Wildman–Crippen MR) is 62.6 cm³/mol. The Morgan fingerprint density at radius 3 is 2.75 bits per heavy atom. The summed E-state index contributed by atoms with van der Waals surface area (Å²) in [6.07, 6.45) is -4.71. The predicted octanol–water partition coefficient (Wildman–Crippen LogP) is 1.95. The first-order valence-electron chi connectivity index (χ1n) is 5.76. The van der Waals surface area contributed by atoms with E-state index >= 15 is 0 Å². The van der Waals surface area contributed by atoms with Crippen LogP contribution in [0.1, 0.15) is 24.4 Å². The Balaban J connectivity index is 2.02. The molecule has 9 heteroatoms. The molecule has 0 aliphatic carbocycles. The molecule has 1 aromatic carbocycles. The molecule has 1 heterocycles. The third-order valence-corrected chi connectivity index (χ3v) is 2.55. The van der Waals surface area contributed by atoms with Gasteiger partial charge in [-0.2, -0.15) is 5.21 Å². The fourth-order valence-corrected chi connectivity index (χ4v) is 1.58. The molecule has 0 spiro atoms. The summed E-state index contributed by atoms with van der Waals surface area (Å²) in [5.41, 5.74) is 0.389. The van der Waals surface area contributed by atoms with Gasteiger partial charge in [-0.15, -0.1) is 23.4 Å². The number of alkyl halides is 3. The average Bonchev–Trinajstić information content (AvgIpc) is 2.89. The molecule has 0 aliphatic heterocycles. The number of halogens is 3. The minimum absolute atomic E-state index is 0.182. The molecule has 0 saturated carbocycles. The first-order chi connectivity index (χ1) is 9.46. The van der Waals surface area contributed by atoms with Crippen LogP contribution in [0.3, 0.4) is 0 Å². The van der Waals surface area contributed by atoms with Crippen molar-refractivity contribution >= 4 is 0 Å². The Morgan fingerprint density at radius 2 is 2.10 bits per heavy atom. The molecule has 1 atom stereocenters. The fraction of sp³-hybridized carbons (Fsp3) is 0.364. The molecule has 0 bridgehead atoms. The number of nitrogens with one attached hydrogen (secondary N) is 2. The van der Waals surface area contributed by atoms with E-state index in [1.165, 1.54) is 12.1 Å². The van der Waals surface area contributed by atoms with Crippen molar-refractivity contribution < 1.29 is 17.9 Å². The van der Waals surface area contributed by atoms with Gasteiger partial charge in [-0.1, -0.05) is 23.4 Å². The van der Waals surface area contributed by atoms with Crippen LogP contribution in [0, 0.1) is 0 Å². The average molecular weight is 287 g/mol. The molecule has 108 valence electrons. The number of benzene rings is 1. The van der Waals surface area contributed by atoms with Crippen LogP contribution in [0.4, 0.5) is 13.2 Å². The standard InChI is InChI=1S/C11H12F3N5O/c1-7(10-16-18-19-17-10)15-6-8-4-2-3-5-9(8)20-11(12,13)14/h2-5,7,15H,6H2,1H3,(H,16,17,18,19). The molecule has 6 nitrogen and oxygen atoms in total. The Hall–Kier alpha value is -2.16. The molecule has 1 unspecified atom stereocenters. The van der Waals surface area contributed by atoms with Gasteiger partial charge >= 0.3 is 6.36 Å². The number of hydrogen-bond acceptors (Lipinski definition) is 5. The summed E-state index contributed by atoms with van der Waals surface area (Å²) in [6, 6.07) is 5.68. The second-order valence-electron chi connectivity index (χ2n) is 4.03. The Bertz CT molecular complexity index is 543. The van der Waals surface area contributed by atoms with E-state index < -0.39 is 6.36 Å². The highest BCUT2D eigenvalue weighted by Gasteiger charge is 2.31. The highest BCUT2D eigenvalue weighted by Crippen LogP contribution is 2.26. The number of nitrogens with zero attached hydrogens (tertiary/aromatic N) is 3. The zero-order chi connectivity index (χ0) is 14.6. The maximum Gasteiger partial charge on any atom is 0.573 e. The molecule has 2 aromatic rings. The third kappa shape index (κ3) is 3.92. The van der Waals surface area contributed by atoms with Crippen LogP contribution in [-0.2, 0) is 6.54 Å². The number of ether oxygens (including phenoxy) is 1. The van der Waals surface area contributed by atoms with Gasteiger partial charge in [0.05, 0.1) is 6.04 Å². The van der Waals surface area contributed by atoms with E-state index in [0.717, 1.165) is 0 Å². The van der Waals surface area contributed by atoms with Crippen molar-refractivity contribution in [1.29, 1.82) is 0 Å². The van der Waals surface area contributed by atoms with E-state index in [1.807, 2.05) is 0 Å². The molecule has 0 amide bonds. The summed E-state index contributed by atoms with van der Waals surface area (Å²) in [4.78, 5) is 0. The number of para-hydroxylation sites is 1. The van der Waals surface area contributed by atoms with Crippen molar-refractivity contribution in [3.63, 3.8) is 0 Å². The van der Waals surface area contributed by atoms with Crippen molar-refractivity contribution in [3.8, 4) is 5.75 Å². The molecule has 0 fully saturated rings. The second-order valence-corrected chi connectivity index (χ2v) is 4.03. The van der Waals surface area contributed by atoms with Crippen LogP contribution >= 0.6 is 0 Å². The van der Waals surface area contributed by atoms with Crippen LogP contribution in [0.15, 0.2) is 24.3 Å². The van der Waals surface area contributed by atoms with Gasteiger partial charge in [-0.25, -0.2) is 0 Å². The summed E-state index contributed by atoms with van der Waals surface area (Å²) in [7, 11) is 0. The highest BCUT2D eigenvalue weighted by atomic mass is 19.4. The second kappa shape index (κ2) is 5.87. The molecular formula is C11H12F3N5O. The van der Waals surface area contributed by atoms with E-state index in [2.05, 4.69) is 30.7 Å². The number of H-pyrrole nitrogens is 1. The van der Waals surface area contributed by atoms with Gasteiger partial charge in [-0.05, 0) is 13.0 Å². The number of tetrazole rings is 1. The van der Waals surface area contributed by atoms with Crippen LogP contribution < -0.4 is 10.1 Å². The first kappa shape index (κ1) is 14.3. The maximum atomic E-state index is 12.3. The first-order valence-corrected chi connectivity index (χ1v) is 5.76. The van der Waals surface area contributed by atoms with E-state index in [0.29, 0.717) is 11.4 Å². The molecule has 0 aliphatic rings. The van der Waals surface area contributed by atoms with Crippen LogP contribution in [0.5, 0.6) is 5.75 Å². The minimum Gasteiger partial charge on any atom is -0.405 e. The van der Waals surface area contributed by atoms with Gasteiger partial charge in [0.25, 0.3) is 0 Å². The normalized spacial score (nSPS) is 13.2. The van der Waals surface area contributed by atoms with Gasteiger partial charge in [-0.3, -0.25) is 0 Å². The zero-order valence-electron chi connectivity index (χ0n) is 10.5. The van der Waals surface area contributed by atoms with Crippen LogP contribution in [0.25, 0.3) is 0 Å². The lowest BCUT2D eigenvalue weighted by atomic mass is 10.2. The summed E-state index contributed by atoms with van der Waals surface area (Å²) >= 11 is 0. The number of aromatic amines is 1. The molecule has 2 N–H and O–H groups in total. The summed E-state index contributed by atoms with van der Waals surface area (Å²) in [5.74, 6) is 0.201. The molecule has 0 radical (unpaired) electrons. The molecule has 1 aromatic heterocycles. The minimum atomic E-state index is -4.71. The van der Waals surface area contributed by atoms with E-state index in [4.69, 9.17) is 0 Å². The number of hydrogen-bond donors (Lipinski definition) is 2. The zero-order valence-corrected chi connectivity index (χ0v) is 10.5. The molecule has 0 saturated heterocycles. The number of aromatic nitrogens is 4. The van der Waals surface area contributed by atoms with Crippen molar-refractivity contribution in [2.45, 2.75) is 25.9 Å². The van der Waals surface area contributed by atoms with Gasteiger partial charge < -0.3 is 10.1 Å². The lowest BCUT2D eigenvalue weighted by Gasteiger charge is -2.15. The lowest BCUT2D eigenvalue weighted by molar-refractivity contribution is -0.274. The van der Waals surface area contributed by atoms with Crippen molar-refractivity contribution in [2.75, 3.05) is 0 Å². The van der Waals surface area contributed by atoms with E-state index in [1.54, 1.807) is 19.1 Å². The molecule has 2 rings (SSSR count).